The average Bonchev–Trinajstić information content (AvgIpc) is 2.71. The van der Waals surface area contributed by atoms with Gasteiger partial charge in [-0.05, 0) is 52.4 Å². The molecule has 1 aliphatic carbocycles. The zero-order chi connectivity index (χ0) is 19.6. The normalized spacial score (nSPS) is 18.4. The van der Waals surface area contributed by atoms with Gasteiger partial charge in [-0.1, -0.05) is 19.1 Å². The number of ether oxygens (including phenoxy) is 4. The van der Waals surface area contributed by atoms with Gasteiger partial charge in [0.1, 0.15) is 0 Å². The van der Waals surface area contributed by atoms with Crippen LogP contribution in [-0.4, -0.2) is 40.2 Å². The molecule has 0 bridgehead atoms. The van der Waals surface area contributed by atoms with Crippen molar-refractivity contribution in [2.24, 2.45) is 5.92 Å². The van der Waals surface area contributed by atoms with Gasteiger partial charge in [-0.2, -0.15) is 0 Å². The van der Waals surface area contributed by atoms with Crippen LogP contribution in [-0.2, 0) is 0 Å². The summed E-state index contributed by atoms with van der Waals surface area (Å²) in [5.74, 6) is 2.91. The van der Waals surface area contributed by atoms with Crippen molar-refractivity contribution in [2.45, 2.75) is 12.8 Å². The van der Waals surface area contributed by atoms with E-state index in [1.165, 1.54) is 0 Å². The van der Waals surface area contributed by atoms with Crippen molar-refractivity contribution in [2.75, 3.05) is 35.0 Å². The monoisotopic (exact) mass is 370 g/mol. The van der Waals surface area contributed by atoms with E-state index >= 15 is 0 Å². The second kappa shape index (κ2) is 7.92. The Morgan fingerprint density at radius 3 is 2.00 bits per heavy atom. The van der Waals surface area contributed by atoms with Gasteiger partial charge in [-0.15, -0.1) is 0 Å². The fourth-order valence-corrected chi connectivity index (χ4v) is 3.82. The van der Waals surface area contributed by atoms with Crippen LogP contribution in [0.5, 0.6) is 23.0 Å². The number of aliphatic hydroxyl groups excluding tert-OH is 1. The van der Waals surface area contributed by atoms with Gasteiger partial charge in [0.15, 0.2) is 23.0 Å². The lowest BCUT2D eigenvalue weighted by Gasteiger charge is -2.33. The van der Waals surface area contributed by atoms with Gasteiger partial charge in [0, 0.05) is 5.92 Å². The molecule has 5 heteroatoms. The summed E-state index contributed by atoms with van der Waals surface area (Å²) in [5.41, 5.74) is 4.22. The van der Waals surface area contributed by atoms with Crippen LogP contribution in [0.1, 0.15) is 29.5 Å². The van der Waals surface area contributed by atoms with Crippen LogP contribution < -0.4 is 18.9 Å². The number of fused-ring (bicyclic) bond motifs is 1. The maximum absolute atomic E-state index is 9.89. The first kappa shape index (κ1) is 19.1. The summed E-state index contributed by atoms with van der Waals surface area (Å²) >= 11 is 0. The Morgan fingerprint density at radius 2 is 1.41 bits per heavy atom. The van der Waals surface area contributed by atoms with E-state index in [1.807, 2.05) is 36.4 Å². The highest BCUT2D eigenvalue weighted by Crippen LogP contribution is 2.47. The molecule has 2 aromatic carbocycles. The molecule has 0 amide bonds. The van der Waals surface area contributed by atoms with E-state index in [1.54, 1.807) is 28.4 Å². The van der Waals surface area contributed by atoms with E-state index in [4.69, 9.17) is 18.9 Å². The third-order valence-electron chi connectivity index (χ3n) is 5.30. The summed E-state index contributed by atoms with van der Waals surface area (Å²) in [4.78, 5) is 0. The van der Waals surface area contributed by atoms with Gasteiger partial charge in [-0.25, -0.2) is 0 Å². The molecule has 0 heterocycles. The predicted octanol–water partition coefficient (Wildman–Crippen LogP) is 3.88. The topological polar surface area (TPSA) is 57.2 Å². The first-order valence-electron chi connectivity index (χ1n) is 8.87. The molecule has 5 nitrogen and oxygen atoms in total. The van der Waals surface area contributed by atoms with Crippen molar-refractivity contribution in [3.8, 4) is 23.0 Å². The van der Waals surface area contributed by atoms with E-state index < -0.39 is 0 Å². The molecule has 1 aliphatic rings. The minimum Gasteiger partial charge on any atom is -0.493 e. The van der Waals surface area contributed by atoms with E-state index in [-0.39, 0.29) is 18.4 Å². The number of aliphatic hydroxyl groups is 1. The zero-order valence-corrected chi connectivity index (χ0v) is 16.4. The van der Waals surface area contributed by atoms with Crippen molar-refractivity contribution in [1.29, 1.82) is 0 Å². The Labute approximate surface area is 160 Å². The minimum atomic E-state index is 0.0126. The molecule has 0 aliphatic heterocycles. The Kier molecular flexibility index (Phi) is 5.61. The Balaban J connectivity index is 2.20. The summed E-state index contributed by atoms with van der Waals surface area (Å²) in [6.07, 6.45) is 2.04. The molecule has 0 saturated heterocycles. The van der Waals surface area contributed by atoms with Crippen molar-refractivity contribution in [3.63, 3.8) is 0 Å². The van der Waals surface area contributed by atoms with E-state index in [0.717, 1.165) is 22.3 Å². The first-order chi connectivity index (χ1) is 13.1. The maximum Gasteiger partial charge on any atom is 0.161 e. The molecular formula is C22H26O5. The molecule has 2 atom stereocenters. The highest BCUT2D eigenvalue weighted by Gasteiger charge is 2.31. The molecule has 1 N–H and O–H groups in total. The fraction of sp³-hybridized carbons (Fsp3) is 0.364. The summed E-state index contributed by atoms with van der Waals surface area (Å²) in [7, 11) is 6.52. The number of benzene rings is 2. The molecule has 0 radical (unpaired) electrons. The van der Waals surface area contributed by atoms with Crippen LogP contribution >= 0.6 is 0 Å². The quantitative estimate of drug-likeness (QED) is 0.836. The second-order valence-electron chi connectivity index (χ2n) is 6.59. The fourth-order valence-electron chi connectivity index (χ4n) is 3.82. The molecule has 27 heavy (non-hydrogen) atoms. The third kappa shape index (κ3) is 3.35. The highest BCUT2D eigenvalue weighted by atomic mass is 16.5. The number of rotatable bonds is 6. The van der Waals surface area contributed by atoms with Crippen molar-refractivity contribution < 1.29 is 24.1 Å². The summed E-state index contributed by atoms with van der Waals surface area (Å²) in [5, 5.41) is 9.89. The van der Waals surface area contributed by atoms with Crippen LogP contribution in [0.25, 0.3) is 6.08 Å². The number of hydrogen-bond acceptors (Lipinski definition) is 5. The molecule has 0 aromatic heterocycles. The SMILES string of the molecule is COc1ccc([C@@H]2c3cc(OC)c(OC)cc3C=C(CO)[C@H]2C)cc1OC. The van der Waals surface area contributed by atoms with Crippen molar-refractivity contribution >= 4 is 6.08 Å². The number of methoxy groups -OCH3 is 4. The molecular weight excluding hydrogens is 344 g/mol. The molecule has 0 saturated carbocycles. The van der Waals surface area contributed by atoms with Crippen molar-refractivity contribution in [1.82, 2.24) is 0 Å². The standard InChI is InChI=1S/C22H26O5/c1-13-16(12-23)8-15-10-20(26-4)21(27-5)11-17(15)22(13)14-6-7-18(24-2)19(9-14)25-3/h6-11,13,22-23H,12H2,1-5H3/t13-,22-/m1/s1. The second-order valence-corrected chi connectivity index (χ2v) is 6.59. The molecule has 0 unspecified atom stereocenters. The molecule has 0 spiro atoms. The molecule has 3 rings (SSSR count). The van der Waals surface area contributed by atoms with Gasteiger partial charge in [0.05, 0.1) is 35.0 Å². The van der Waals surface area contributed by atoms with Gasteiger partial charge < -0.3 is 24.1 Å². The molecule has 0 fully saturated rings. The largest absolute Gasteiger partial charge is 0.493 e. The van der Waals surface area contributed by atoms with Crippen LogP contribution in [0.2, 0.25) is 0 Å². The van der Waals surface area contributed by atoms with Crippen LogP contribution in [0.3, 0.4) is 0 Å². The molecule has 2 aromatic rings. The van der Waals surface area contributed by atoms with Crippen LogP contribution in [0, 0.1) is 5.92 Å². The van der Waals surface area contributed by atoms with Crippen molar-refractivity contribution in [3.05, 3.63) is 52.6 Å². The van der Waals surface area contributed by atoms with Gasteiger partial charge >= 0.3 is 0 Å². The van der Waals surface area contributed by atoms with Gasteiger partial charge in [0.25, 0.3) is 0 Å². The maximum atomic E-state index is 9.89. The Hall–Kier alpha value is -2.66. The summed E-state index contributed by atoms with van der Waals surface area (Å²) in [6, 6.07) is 9.95. The molecule has 144 valence electrons. The Morgan fingerprint density at radius 1 is 0.815 bits per heavy atom. The van der Waals surface area contributed by atoms with E-state index in [0.29, 0.717) is 23.0 Å². The predicted molar refractivity (Wildman–Crippen MR) is 105 cm³/mol. The minimum absolute atomic E-state index is 0.0126. The summed E-state index contributed by atoms with van der Waals surface area (Å²) in [6.45, 7) is 2.14. The third-order valence-corrected chi connectivity index (χ3v) is 5.30. The van der Waals surface area contributed by atoms with Crippen LogP contribution in [0.15, 0.2) is 35.9 Å². The Bertz CT molecular complexity index is 856. The average molecular weight is 370 g/mol. The smallest absolute Gasteiger partial charge is 0.161 e. The van der Waals surface area contributed by atoms with Gasteiger partial charge in [0.2, 0.25) is 0 Å². The van der Waals surface area contributed by atoms with Crippen LogP contribution in [0.4, 0.5) is 0 Å². The lowest BCUT2D eigenvalue weighted by atomic mass is 9.72. The first-order valence-corrected chi connectivity index (χ1v) is 8.87. The van der Waals surface area contributed by atoms with E-state index in [9.17, 15) is 5.11 Å². The zero-order valence-electron chi connectivity index (χ0n) is 16.4. The lowest BCUT2D eigenvalue weighted by Crippen LogP contribution is -2.20. The summed E-state index contributed by atoms with van der Waals surface area (Å²) < 4.78 is 21.8. The van der Waals surface area contributed by atoms with E-state index in [2.05, 4.69) is 6.92 Å². The lowest BCUT2D eigenvalue weighted by molar-refractivity contribution is 0.312. The number of hydrogen-bond donors (Lipinski definition) is 1. The highest BCUT2D eigenvalue weighted by molar-refractivity contribution is 5.68. The van der Waals surface area contributed by atoms with Gasteiger partial charge in [-0.3, -0.25) is 0 Å².